The summed E-state index contributed by atoms with van der Waals surface area (Å²) in [7, 11) is 0. The predicted molar refractivity (Wildman–Crippen MR) is 53.9 cm³/mol. The van der Waals surface area contributed by atoms with Gasteiger partial charge in [-0.05, 0) is 30.6 Å². The fraction of sp³-hybridized carbons (Fsp3) is 0.250. The quantitative estimate of drug-likeness (QED) is 0.539. The Morgan fingerprint density at radius 2 is 2.25 bits per heavy atom. The van der Waals surface area contributed by atoms with Crippen LogP contribution in [-0.4, -0.2) is 0 Å². The van der Waals surface area contributed by atoms with Gasteiger partial charge in [0.25, 0.3) is 0 Å². The SMILES string of the molecule is CC/C=C\C1=CC=CC=C=C1C. The molecule has 0 atom stereocenters. The van der Waals surface area contributed by atoms with Gasteiger partial charge in [0.05, 0.1) is 0 Å². The molecule has 0 amide bonds. The van der Waals surface area contributed by atoms with Crippen molar-refractivity contribution in [3.05, 3.63) is 53.3 Å². The van der Waals surface area contributed by atoms with Crippen molar-refractivity contribution in [1.29, 1.82) is 0 Å². The van der Waals surface area contributed by atoms with Gasteiger partial charge < -0.3 is 0 Å². The van der Waals surface area contributed by atoms with Crippen molar-refractivity contribution in [2.75, 3.05) is 0 Å². The molecule has 0 heterocycles. The molecule has 62 valence electrons. The minimum Gasteiger partial charge on any atom is -0.117 e. The van der Waals surface area contributed by atoms with Crippen LogP contribution in [0.3, 0.4) is 0 Å². The molecule has 0 saturated carbocycles. The summed E-state index contributed by atoms with van der Waals surface area (Å²) >= 11 is 0. The van der Waals surface area contributed by atoms with Gasteiger partial charge in [-0.25, -0.2) is 0 Å². The van der Waals surface area contributed by atoms with Crippen molar-refractivity contribution in [1.82, 2.24) is 0 Å². The molecule has 0 spiro atoms. The summed E-state index contributed by atoms with van der Waals surface area (Å²) in [5.74, 6) is 0. The lowest BCUT2D eigenvalue weighted by molar-refractivity contribution is 1.22. The van der Waals surface area contributed by atoms with Gasteiger partial charge in [-0.3, -0.25) is 0 Å². The van der Waals surface area contributed by atoms with Gasteiger partial charge in [-0.15, -0.1) is 5.73 Å². The second-order valence-corrected chi connectivity index (χ2v) is 2.75. The molecule has 0 heteroatoms. The number of hydrogen-bond donors (Lipinski definition) is 0. The maximum Gasteiger partial charge on any atom is -0.00191 e. The van der Waals surface area contributed by atoms with Gasteiger partial charge in [-0.2, -0.15) is 0 Å². The molecule has 0 N–H and O–H groups in total. The summed E-state index contributed by atoms with van der Waals surface area (Å²) in [4.78, 5) is 0. The minimum absolute atomic E-state index is 1.08. The highest BCUT2D eigenvalue weighted by molar-refractivity contribution is 5.42. The zero-order chi connectivity index (χ0) is 8.81. The molecular weight excluding hydrogens is 144 g/mol. The van der Waals surface area contributed by atoms with Crippen molar-refractivity contribution in [3.63, 3.8) is 0 Å². The summed E-state index contributed by atoms with van der Waals surface area (Å²) in [5.41, 5.74) is 5.64. The maximum absolute atomic E-state index is 3.19. The first kappa shape index (κ1) is 8.83. The second kappa shape index (κ2) is 4.58. The summed E-state index contributed by atoms with van der Waals surface area (Å²) < 4.78 is 0. The van der Waals surface area contributed by atoms with E-state index in [-0.39, 0.29) is 0 Å². The molecule has 0 bridgehead atoms. The second-order valence-electron chi connectivity index (χ2n) is 2.75. The summed E-state index contributed by atoms with van der Waals surface area (Å²) in [6.07, 6.45) is 13.5. The van der Waals surface area contributed by atoms with Gasteiger partial charge in [0.1, 0.15) is 0 Å². The molecule has 0 nitrogen and oxygen atoms in total. The Hall–Kier alpha value is -1.26. The first-order chi connectivity index (χ1) is 5.84. The van der Waals surface area contributed by atoms with Crippen LogP contribution >= 0.6 is 0 Å². The molecule has 0 aromatic carbocycles. The van der Waals surface area contributed by atoms with E-state index in [0.29, 0.717) is 0 Å². The molecular formula is C12H14. The van der Waals surface area contributed by atoms with E-state index in [9.17, 15) is 0 Å². The van der Waals surface area contributed by atoms with Crippen molar-refractivity contribution < 1.29 is 0 Å². The van der Waals surface area contributed by atoms with Crippen LogP contribution in [0.1, 0.15) is 20.3 Å². The Balaban J connectivity index is 2.88. The van der Waals surface area contributed by atoms with E-state index in [2.05, 4.69) is 37.8 Å². The van der Waals surface area contributed by atoms with Crippen molar-refractivity contribution >= 4 is 0 Å². The standard InChI is InChI=1S/C12H14/c1-3-4-9-12-10-7-5-6-8-11(12)2/h4-7,9-10H,3H2,1-2H3/b9-4-. The zero-order valence-electron chi connectivity index (χ0n) is 7.67. The third kappa shape index (κ3) is 2.41. The van der Waals surface area contributed by atoms with Crippen LogP contribution < -0.4 is 0 Å². The van der Waals surface area contributed by atoms with Crippen LogP contribution in [0.4, 0.5) is 0 Å². The molecule has 0 aromatic rings. The van der Waals surface area contributed by atoms with Gasteiger partial charge >= 0.3 is 0 Å². The molecule has 0 unspecified atom stereocenters. The van der Waals surface area contributed by atoms with E-state index in [0.717, 1.165) is 6.42 Å². The molecule has 0 saturated heterocycles. The molecule has 0 radical (unpaired) electrons. The molecule has 12 heavy (non-hydrogen) atoms. The Labute approximate surface area is 74.3 Å². The van der Waals surface area contributed by atoms with Crippen LogP contribution in [0, 0.1) is 0 Å². The van der Waals surface area contributed by atoms with Crippen molar-refractivity contribution in [2.24, 2.45) is 0 Å². The average molecular weight is 158 g/mol. The third-order valence-electron chi connectivity index (χ3n) is 1.75. The zero-order valence-corrected chi connectivity index (χ0v) is 7.67. The predicted octanol–water partition coefficient (Wildman–Crippen LogP) is 3.55. The van der Waals surface area contributed by atoms with Crippen LogP contribution in [0.2, 0.25) is 0 Å². The van der Waals surface area contributed by atoms with Crippen molar-refractivity contribution in [2.45, 2.75) is 20.3 Å². The summed E-state index contributed by atoms with van der Waals surface area (Å²) in [6.45, 7) is 4.22. The largest absolute Gasteiger partial charge is 0.117 e. The van der Waals surface area contributed by atoms with E-state index >= 15 is 0 Å². The van der Waals surface area contributed by atoms with Crippen LogP contribution in [0.25, 0.3) is 0 Å². The molecule has 1 rings (SSSR count). The highest BCUT2D eigenvalue weighted by atomic mass is 14.0. The summed E-state index contributed by atoms with van der Waals surface area (Å²) in [6, 6.07) is 0. The Kier molecular flexibility index (Phi) is 3.37. The third-order valence-corrected chi connectivity index (χ3v) is 1.75. The van der Waals surface area contributed by atoms with Gasteiger partial charge in [0.2, 0.25) is 0 Å². The van der Waals surface area contributed by atoms with Gasteiger partial charge in [-0.1, -0.05) is 37.3 Å². The maximum atomic E-state index is 3.19. The Bertz CT molecular complexity index is 292. The molecule has 1 aliphatic carbocycles. The van der Waals surface area contributed by atoms with Crippen LogP contribution in [0.15, 0.2) is 53.3 Å². The Morgan fingerprint density at radius 3 is 3.00 bits per heavy atom. The molecule has 0 aromatic heterocycles. The highest BCUT2D eigenvalue weighted by Gasteiger charge is 1.93. The van der Waals surface area contributed by atoms with Gasteiger partial charge in [0, 0.05) is 0 Å². The monoisotopic (exact) mass is 158 g/mol. The lowest BCUT2D eigenvalue weighted by atomic mass is 10.1. The van der Waals surface area contributed by atoms with Crippen LogP contribution in [-0.2, 0) is 0 Å². The minimum atomic E-state index is 1.08. The lowest BCUT2D eigenvalue weighted by Gasteiger charge is -1.96. The molecule has 1 aliphatic rings. The molecule has 0 aliphatic heterocycles. The van der Waals surface area contributed by atoms with E-state index in [1.165, 1.54) is 11.1 Å². The van der Waals surface area contributed by atoms with Gasteiger partial charge in [0.15, 0.2) is 0 Å². The first-order valence-electron chi connectivity index (χ1n) is 4.31. The van der Waals surface area contributed by atoms with E-state index in [1.807, 2.05) is 18.2 Å². The normalized spacial score (nSPS) is 16.2. The number of rotatable bonds is 2. The van der Waals surface area contributed by atoms with E-state index < -0.39 is 0 Å². The van der Waals surface area contributed by atoms with Crippen LogP contribution in [0.5, 0.6) is 0 Å². The smallest absolute Gasteiger partial charge is 0.00191 e. The van der Waals surface area contributed by atoms with Crippen molar-refractivity contribution in [3.8, 4) is 0 Å². The Morgan fingerprint density at radius 1 is 1.42 bits per heavy atom. The number of allylic oxidation sites excluding steroid dienone is 7. The fourth-order valence-corrected chi connectivity index (χ4v) is 1.02. The number of hydrogen-bond acceptors (Lipinski definition) is 0. The molecule has 0 fully saturated rings. The topological polar surface area (TPSA) is 0 Å². The lowest BCUT2D eigenvalue weighted by Crippen LogP contribution is -1.77. The average Bonchev–Trinajstić information content (AvgIpc) is 2.27. The van der Waals surface area contributed by atoms with E-state index in [1.54, 1.807) is 0 Å². The highest BCUT2D eigenvalue weighted by Crippen LogP contribution is 2.11. The fourth-order valence-electron chi connectivity index (χ4n) is 1.02. The summed E-state index contributed by atoms with van der Waals surface area (Å²) in [5, 5.41) is 0. The van der Waals surface area contributed by atoms with E-state index in [4.69, 9.17) is 0 Å². The first-order valence-corrected chi connectivity index (χ1v) is 4.31.